The summed E-state index contributed by atoms with van der Waals surface area (Å²) in [6.07, 6.45) is 2.62. The van der Waals surface area contributed by atoms with Crippen molar-refractivity contribution in [2.24, 2.45) is 5.41 Å². The molecular formula is C15H22N2. The molecule has 1 saturated carbocycles. The lowest BCUT2D eigenvalue weighted by atomic mass is 9.90. The molecule has 0 amide bonds. The van der Waals surface area contributed by atoms with Crippen LogP contribution in [0.15, 0.2) is 30.3 Å². The fraction of sp³-hybridized carbons (Fsp3) is 0.600. The van der Waals surface area contributed by atoms with Gasteiger partial charge in [0, 0.05) is 25.0 Å². The Kier molecular flexibility index (Phi) is 2.93. The first-order chi connectivity index (χ1) is 8.27. The molecule has 17 heavy (non-hydrogen) atoms. The molecule has 2 heteroatoms. The maximum absolute atomic E-state index is 3.75. The molecule has 0 spiro atoms. The van der Waals surface area contributed by atoms with Crippen molar-refractivity contribution in [1.29, 1.82) is 0 Å². The van der Waals surface area contributed by atoms with Gasteiger partial charge in [0.05, 0.1) is 0 Å². The van der Waals surface area contributed by atoms with Crippen LogP contribution in [-0.2, 0) is 0 Å². The molecule has 1 saturated heterocycles. The molecule has 2 N–H and O–H groups in total. The summed E-state index contributed by atoms with van der Waals surface area (Å²) in [5.74, 6) is 0.758. The van der Waals surface area contributed by atoms with Crippen LogP contribution in [0.2, 0.25) is 0 Å². The van der Waals surface area contributed by atoms with Gasteiger partial charge in [-0.1, -0.05) is 37.3 Å². The molecule has 3 atom stereocenters. The van der Waals surface area contributed by atoms with Gasteiger partial charge >= 0.3 is 0 Å². The van der Waals surface area contributed by atoms with Crippen LogP contribution in [0, 0.1) is 5.41 Å². The molecule has 0 aromatic heterocycles. The molecule has 1 aromatic rings. The van der Waals surface area contributed by atoms with Crippen LogP contribution in [0.4, 0.5) is 0 Å². The lowest BCUT2D eigenvalue weighted by Crippen LogP contribution is -2.35. The topological polar surface area (TPSA) is 24.1 Å². The van der Waals surface area contributed by atoms with E-state index in [0.29, 0.717) is 5.41 Å². The van der Waals surface area contributed by atoms with Crippen LogP contribution < -0.4 is 10.6 Å². The van der Waals surface area contributed by atoms with Crippen LogP contribution >= 0.6 is 0 Å². The van der Waals surface area contributed by atoms with Gasteiger partial charge in [0.25, 0.3) is 0 Å². The zero-order valence-electron chi connectivity index (χ0n) is 10.6. The average molecular weight is 230 g/mol. The smallest absolute Gasteiger partial charge is 0.0143 e. The highest BCUT2D eigenvalue weighted by Gasteiger charge is 2.39. The third-order valence-corrected chi connectivity index (χ3v) is 4.27. The summed E-state index contributed by atoms with van der Waals surface area (Å²) < 4.78 is 0. The number of rotatable bonds is 4. The Hall–Kier alpha value is -0.860. The Morgan fingerprint density at radius 1 is 1.35 bits per heavy atom. The second-order valence-corrected chi connectivity index (χ2v) is 5.98. The summed E-state index contributed by atoms with van der Waals surface area (Å²) >= 11 is 0. The van der Waals surface area contributed by atoms with Gasteiger partial charge in [-0.3, -0.25) is 0 Å². The number of benzene rings is 1. The van der Waals surface area contributed by atoms with E-state index in [-0.39, 0.29) is 0 Å². The Labute approximate surface area is 104 Å². The van der Waals surface area contributed by atoms with E-state index in [2.05, 4.69) is 47.9 Å². The van der Waals surface area contributed by atoms with E-state index in [1.165, 1.54) is 31.5 Å². The summed E-state index contributed by atoms with van der Waals surface area (Å²) in [6, 6.07) is 11.6. The first kappa shape index (κ1) is 11.2. The number of hydrogen-bond donors (Lipinski definition) is 2. The van der Waals surface area contributed by atoms with Gasteiger partial charge in [-0.15, -0.1) is 0 Å². The van der Waals surface area contributed by atoms with Gasteiger partial charge in [-0.2, -0.15) is 0 Å². The summed E-state index contributed by atoms with van der Waals surface area (Å²) in [6.45, 7) is 5.90. The fourth-order valence-electron chi connectivity index (χ4n) is 2.89. The van der Waals surface area contributed by atoms with Crippen LogP contribution in [0.5, 0.6) is 0 Å². The van der Waals surface area contributed by atoms with Crippen LogP contribution in [0.3, 0.4) is 0 Å². The summed E-state index contributed by atoms with van der Waals surface area (Å²) in [5.41, 5.74) is 1.98. The third-order valence-electron chi connectivity index (χ3n) is 4.27. The predicted octanol–water partition coefficient (Wildman–Crippen LogP) is 2.13. The molecule has 2 aliphatic rings. The van der Waals surface area contributed by atoms with Gasteiger partial charge in [0.15, 0.2) is 0 Å². The van der Waals surface area contributed by atoms with Crippen molar-refractivity contribution < 1.29 is 0 Å². The van der Waals surface area contributed by atoms with Crippen molar-refractivity contribution in [2.45, 2.75) is 31.7 Å². The summed E-state index contributed by atoms with van der Waals surface area (Å²) in [7, 11) is 0. The molecule has 2 nitrogen and oxygen atoms in total. The molecule has 3 rings (SSSR count). The van der Waals surface area contributed by atoms with Crippen LogP contribution in [0.25, 0.3) is 0 Å². The standard InChI is InChI=1S/C15H22N2/c1-15(7-8-16-10-15)11-17-14-9-13(14)12-5-3-2-4-6-12/h2-6,13-14,16-17H,7-11H2,1H3. The molecule has 1 aliphatic heterocycles. The highest BCUT2D eigenvalue weighted by Crippen LogP contribution is 2.41. The molecule has 92 valence electrons. The minimum Gasteiger partial charge on any atom is -0.316 e. The Morgan fingerprint density at radius 3 is 2.88 bits per heavy atom. The first-order valence-electron chi connectivity index (χ1n) is 6.76. The van der Waals surface area contributed by atoms with E-state index >= 15 is 0 Å². The van der Waals surface area contributed by atoms with E-state index in [1.54, 1.807) is 0 Å². The van der Waals surface area contributed by atoms with Gasteiger partial charge in [0.2, 0.25) is 0 Å². The highest BCUT2D eigenvalue weighted by atomic mass is 15.0. The fourth-order valence-corrected chi connectivity index (χ4v) is 2.89. The van der Waals surface area contributed by atoms with Crippen molar-refractivity contribution in [3.63, 3.8) is 0 Å². The first-order valence-corrected chi connectivity index (χ1v) is 6.76. The van der Waals surface area contributed by atoms with Gasteiger partial charge in [-0.05, 0) is 30.4 Å². The normalized spacial score (nSPS) is 36.1. The molecule has 1 aliphatic carbocycles. The van der Waals surface area contributed by atoms with Crippen LogP contribution in [0.1, 0.15) is 31.2 Å². The Balaban J connectivity index is 1.50. The highest BCUT2D eigenvalue weighted by molar-refractivity contribution is 5.27. The SMILES string of the molecule is CC1(CNC2CC2c2ccccc2)CCNC1. The van der Waals surface area contributed by atoms with Crippen molar-refractivity contribution in [3.8, 4) is 0 Å². The van der Waals surface area contributed by atoms with Crippen molar-refractivity contribution >= 4 is 0 Å². The van der Waals surface area contributed by atoms with Crippen LogP contribution in [-0.4, -0.2) is 25.7 Å². The molecule has 3 unspecified atom stereocenters. The molecular weight excluding hydrogens is 208 g/mol. The van der Waals surface area contributed by atoms with E-state index < -0.39 is 0 Å². The van der Waals surface area contributed by atoms with Crippen molar-refractivity contribution in [1.82, 2.24) is 10.6 Å². The summed E-state index contributed by atoms with van der Waals surface area (Å²) in [5, 5.41) is 7.21. The minimum absolute atomic E-state index is 0.476. The molecule has 0 bridgehead atoms. The lowest BCUT2D eigenvalue weighted by molar-refractivity contribution is 0.337. The third kappa shape index (κ3) is 2.53. The molecule has 2 fully saturated rings. The monoisotopic (exact) mass is 230 g/mol. The van der Waals surface area contributed by atoms with Gasteiger partial charge in [-0.25, -0.2) is 0 Å². The summed E-state index contributed by atoms with van der Waals surface area (Å²) in [4.78, 5) is 0. The quantitative estimate of drug-likeness (QED) is 0.828. The maximum atomic E-state index is 3.75. The zero-order valence-corrected chi connectivity index (χ0v) is 10.6. The average Bonchev–Trinajstić information content (AvgIpc) is 3.03. The largest absolute Gasteiger partial charge is 0.316 e. The van der Waals surface area contributed by atoms with Gasteiger partial charge < -0.3 is 10.6 Å². The maximum Gasteiger partial charge on any atom is 0.0143 e. The Bertz CT molecular complexity index is 368. The van der Waals surface area contributed by atoms with E-state index in [0.717, 1.165) is 18.5 Å². The number of nitrogens with one attached hydrogen (secondary N) is 2. The van der Waals surface area contributed by atoms with E-state index in [1.807, 2.05) is 0 Å². The van der Waals surface area contributed by atoms with E-state index in [4.69, 9.17) is 0 Å². The van der Waals surface area contributed by atoms with Crippen molar-refractivity contribution in [2.75, 3.05) is 19.6 Å². The van der Waals surface area contributed by atoms with E-state index in [9.17, 15) is 0 Å². The van der Waals surface area contributed by atoms with Crippen molar-refractivity contribution in [3.05, 3.63) is 35.9 Å². The second kappa shape index (κ2) is 4.43. The lowest BCUT2D eigenvalue weighted by Gasteiger charge is -2.23. The van der Waals surface area contributed by atoms with Gasteiger partial charge in [0.1, 0.15) is 0 Å². The second-order valence-electron chi connectivity index (χ2n) is 5.98. The molecule has 1 heterocycles. The zero-order chi connectivity index (χ0) is 11.7. The Morgan fingerprint density at radius 2 is 2.18 bits per heavy atom. The molecule has 1 aromatic carbocycles. The number of hydrogen-bond acceptors (Lipinski definition) is 2. The predicted molar refractivity (Wildman–Crippen MR) is 71.2 cm³/mol. The molecule has 0 radical (unpaired) electrons. The minimum atomic E-state index is 0.476.